The topological polar surface area (TPSA) is 99.5 Å². The number of isocyanates is 2. The number of carbonyl (C=O) groups excluding carboxylic acids is 4. The number of hydrogen-bond donors (Lipinski definition) is 0. The second kappa shape index (κ2) is 8.24. The number of amides is 4. The number of aliphatic imine (C=N–C) groups is 2. The van der Waals surface area contributed by atoms with Crippen LogP contribution in [0.1, 0.15) is 80.1 Å². The van der Waals surface area contributed by atoms with Crippen molar-refractivity contribution in [1.82, 2.24) is 9.80 Å². The molecule has 0 spiro atoms. The molecule has 8 heteroatoms. The van der Waals surface area contributed by atoms with Crippen LogP contribution in [0.3, 0.4) is 0 Å². The van der Waals surface area contributed by atoms with Gasteiger partial charge in [-0.25, -0.2) is 39.0 Å². The van der Waals surface area contributed by atoms with Gasteiger partial charge < -0.3 is 0 Å². The molecule has 32 heavy (non-hydrogen) atoms. The molecule has 0 aromatic heterocycles. The highest BCUT2D eigenvalue weighted by Crippen LogP contribution is 2.51. The van der Waals surface area contributed by atoms with Crippen LogP contribution in [0.25, 0.3) is 0 Å². The lowest BCUT2D eigenvalue weighted by molar-refractivity contribution is -0.0134. The molecule has 1 heterocycles. The van der Waals surface area contributed by atoms with Gasteiger partial charge in [-0.05, 0) is 60.2 Å². The lowest BCUT2D eigenvalue weighted by Crippen LogP contribution is -2.72. The standard InChI is InChI=1S/C24H36N4O4/c1-21(2)7-17(9-23(5,11-21)13-25-15-29)27-19(31)28(20(27)32)18-8-22(3,4)12-24(6,10-18)14-26-16-30/h17-18H,7-14H2,1-6H3. The Morgan fingerprint density at radius 1 is 0.719 bits per heavy atom. The Hall–Kier alpha value is -2.30. The fourth-order valence-electron chi connectivity index (χ4n) is 7.19. The third-order valence-electron chi connectivity index (χ3n) is 7.45. The third kappa shape index (κ3) is 4.87. The van der Waals surface area contributed by atoms with Gasteiger partial charge >= 0.3 is 12.1 Å². The summed E-state index contributed by atoms with van der Waals surface area (Å²) in [4.78, 5) is 58.4. The zero-order valence-electron chi connectivity index (χ0n) is 20.2. The van der Waals surface area contributed by atoms with Gasteiger partial charge in [-0.1, -0.05) is 41.5 Å². The van der Waals surface area contributed by atoms with E-state index in [4.69, 9.17) is 0 Å². The first kappa shape index (κ1) is 24.3. The monoisotopic (exact) mass is 444 g/mol. The molecule has 0 aromatic rings. The molecule has 1 saturated heterocycles. The van der Waals surface area contributed by atoms with E-state index in [1.165, 1.54) is 9.80 Å². The quantitative estimate of drug-likeness (QED) is 0.438. The second-order valence-electron chi connectivity index (χ2n) is 12.5. The van der Waals surface area contributed by atoms with Crippen molar-refractivity contribution in [2.75, 3.05) is 13.1 Å². The van der Waals surface area contributed by atoms with Gasteiger partial charge in [-0.3, -0.25) is 0 Å². The number of carbonyl (C=O) groups is 2. The van der Waals surface area contributed by atoms with E-state index in [1.807, 2.05) is 0 Å². The van der Waals surface area contributed by atoms with Crippen molar-refractivity contribution in [1.29, 1.82) is 0 Å². The van der Waals surface area contributed by atoms with E-state index < -0.39 is 0 Å². The Morgan fingerprint density at radius 2 is 1.06 bits per heavy atom. The lowest BCUT2D eigenvalue weighted by Gasteiger charge is -2.56. The molecule has 0 bridgehead atoms. The number of rotatable bonds is 6. The third-order valence-corrected chi connectivity index (χ3v) is 7.45. The molecule has 1 aliphatic heterocycles. The van der Waals surface area contributed by atoms with Gasteiger partial charge in [0.15, 0.2) is 0 Å². The summed E-state index contributed by atoms with van der Waals surface area (Å²) in [6, 6.07) is -0.875. The summed E-state index contributed by atoms with van der Waals surface area (Å²) in [5.74, 6) is 0. The summed E-state index contributed by atoms with van der Waals surface area (Å²) < 4.78 is 0. The molecule has 3 aliphatic rings. The predicted molar refractivity (Wildman–Crippen MR) is 120 cm³/mol. The normalized spacial score (nSPS) is 36.1. The summed E-state index contributed by atoms with van der Waals surface area (Å²) >= 11 is 0. The Bertz CT molecular complexity index is 802. The maximum absolute atomic E-state index is 13.3. The predicted octanol–water partition coefficient (Wildman–Crippen LogP) is 4.69. The molecule has 4 amide bonds. The second-order valence-corrected chi connectivity index (χ2v) is 12.5. The Kier molecular flexibility index (Phi) is 6.27. The first-order chi connectivity index (χ1) is 14.7. The Balaban J connectivity index is 1.78. The lowest BCUT2D eigenvalue weighted by atomic mass is 9.61. The first-order valence-corrected chi connectivity index (χ1v) is 11.5. The van der Waals surface area contributed by atoms with Gasteiger partial charge in [-0.2, -0.15) is 0 Å². The molecular weight excluding hydrogens is 408 g/mol. The van der Waals surface area contributed by atoms with Crippen LogP contribution in [0, 0.1) is 21.7 Å². The van der Waals surface area contributed by atoms with E-state index in [9.17, 15) is 19.2 Å². The molecule has 176 valence electrons. The molecule has 4 atom stereocenters. The van der Waals surface area contributed by atoms with Crippen molar-refractivity contribution in [3.63, 3.8) is 0 Å². The summed E-state index contributed by atoms with van der Waals surface area (Å²) in [5.41, 5.74) is -0.670. The van der Waals surface area contributed by atoms with E-state index in [0.717, 1.165) is 25.7 Å². The number of imide groups is 2. The molecule has 8 nitrogen and oxygen atoms in total. The average molecular weight is 445 g/mol. The fraction of sp³-hybridized carbons (Fsp3) is 0.833. The minimum absolute atomic E-state index is 0.0741. The maximum Gasteiger partial charge on any atom is 0.336 e. The zero-order valence-corrected chi connectivity index (χ0v) is 20.2. The van der Waals surface area contributed by atoms with E-state index >= 15 is 0 Å². The summed E-state index contributed by atoms with van der Waals surface area (Å²) in [7, 11) is 0. The van der Waals surface area contributed by atoms with Crippen molar-refractivity contribution >= 4 is 24.2 Å². The minimum Gasteiger partial charge on any atom is -0.247 e. The largest absolute Gasteiger partial charge is 0.336 e. The molecule has 3 fully saturated rings. The minimum atomic E-state index is -0.261. The van der Waals surface area contributed by atoms with Gasteiger partial charge in [0.25, 0.3) is 0 Å². The van der Waals surface area contributed by atoms with Crippen LogP contribution in [0.4, 0.5) is 9.59 Å². The molecule has 2 aliphatic carbocycles. The highest BCUT2D eigenvalue weighted by Gasteiger charge is 2.57. The highest BCUT2D eigenvalue weighted by molar-refractivity contribution is 6.12. The molecule has 4 unspecified atom stereocenters. The SMILES string of the molecule is CC1(C)CC(N2C(=O)N(C3CC(C)(C)CC(C)(CN=C=O)C3)C2=O)CC(C)(CN=C=O)C1. The Morgan fingerprint density at radius 3 is 1.38 bits per heavy atom. The fourth-order valence-corrected chi connectivity index (χ4v) is 7.19. The highest BCUT2D eigenvalue weighted by atomic mass is 16.2. The number of nitrogens with zero attached hydrogens (tertiary/aromatic N) is 4. The maximum atomic E-state index is 13.3. The van der Waals surface area contributed by atoms with Crippen LogP contribution in [-0.2, 0) is 9.59 Å². The van der Waals surface area contributed by atoms with Gasteiger partial charge in [0, 0.05) is 12.1 Å². The molecular formula is C24H36N4O4. The van der Waals surface area contributed by atoms with Crippen molar-refractivity contribution in [2.45, 2.75) is 92.2 Å². The van der Waals surface area contributed by atoms with E-state index in [1.54, 1.807) is 12.2 Å². The smallest absolute Gasteiger partial charge is 0.247 e. The average Bonchev–Trinajstić information content (AvgIpc) is 2.61. The number of hydrogen-bond acceptors (Lipinski definition) is 6. The van der Waals surface area contributed by atoms with E-state index in [-0.39, 0.29) is 45.8 Å². The van der Waals surface area contributed by atoms with Crippen molar-refractivity contribution in [2.24, 2.45) is 31.6 Å². The molecule has 3 rings (SSSR count). The van der Waals surface area contributed by atoms with E-state index in [2.05, 4.69) is 51.5 Å². The first-order valence-electron chi connectivity index (χ1n) is 11.5. The molecule has 0 N–H and O–H groups in total. The van der Waals surface area contributed by atoms with Crippen LogP contribution >= 0.6 is 0 Å². The molecule has 0 aromatic carbocycles. The van der Waals surface area contributed by atoms with Gasteiger partial charge in [-0.15, -0.1) is 0 Å². The van der Waals surface area contributed by atoms with Crippen LogP contribution in [0.5, 0.6) is 0 Å². The summed E-state index contributed by atoms with van der Waals surface area (Å²) in [6.45, 7) is 13.4. The Labute approximate surface area is 190 Å². The van der Waals surface area contributed by atoms with Crippen LogP contribution in [0.2, 0.25) is 0 Å². The van der Waals surface area contributed by atoms with E-state index in [0.29, 0.717) is 25.9 Å². The number of urea groups is 2. The molecule has 0 radical (unpaired) electrons. The van der Waals surface area contributed by atoms with Crippen molar-refractivity contribution in [3.05, 3.63) is 0 Å². The van der Waals surface area contributed by atoms with Gasteiger partial charge in [0.2, 0.25) is 12.2 Å². The summed E-state index contributed by atoms with van der Waals surface area (Å²) in [5, 5.41) is 0. The van der Waals surface area contributed by atoms with Gasteiger partial charge in [0.05, 0.1) is 13.1 Å². The van der Waals surface area contributed by atoms with Crippen LogP contribution < -0.4 is 0 Å². The van der Waals surface area contributed by atoms with Crippen LogP contribution in [0.15, 0.2) is 9.98 Å². The summed E-state index contributed by atoms with van der Waals surface area (Å²) in [6.07, 6.45) is 7.73. The zero-order chi connectivity index (χ0) is 23.9. The van der Waals surface area contributed by atoms with Crippen LogP contribution in [-0.4, -0.2) is 59.2 Å². The van der Waals surface area contributed by atoms with Crippen molar-refractivity contribution in [3.8, 4) is 0 Å². The molecule has 2 saturated carbocycles. The van der Waals surface area contributed by atoms with Gasteiger partial charge in [0.1, 0.15) is 0 Å². The van der Waals surface area contributed by atoms with Crippen molar-refractivity contribution < 1.29 is 19.2 Å².